The summed E-state index contributed by atoms with van der Waals surface area (Å²) >= 11 is 0. The van der Waals surface area contributed by atoms with Crippen molar-refractivity contribution in [2.45, 2.75) is 31.8 Å². The van der Waals surface area contributed by atoms with Crippen molar-refractivity contribution in [1.29, 1.82) is 0 Å². The maximum absolute atomic E-state index is 13.6. The Kier molecular flexibility index (Phi) is 6.10. The summed E-state index contributed by atoms with van der Waals surface area (Å²) in [6.07, 6.45) is 4.38. The van der Waals surface area contributed by atoms with Crippen molar-refractivity contribution in [3.05, 3.63) is 41.8 Å². The number of piperidine rings is 1. The first-order valence-electron chi connectivity index (χ1n) is 10.1. The topological polar surface area (TPSA) is 68.6 Å². The molecule has 2 saturated heterocycles. The fraction of sp³-hybridized carbons (Fsp3) is 0.524. The molecule has 156 valence electrons. The molecule has 0 saturated carbocycles. The van der Waals surface area contributed by atoms with E-state index >= 15 is 0 Å². The number of aromatic nitrogens is 2. The molecule has 1 aromatic carbocycles. The highest BCUT2D eigenvalue weighted by molar-refractivity contribution is 5.92. The number of nitrogens with one attached hydrogen (secondary N) is 1. The van der Waals surface area contributed by atoms with Gasteiger partial charge in [-0.15, -0.1) is 0 Å². The van der Waals surface area contributed by atoms with Gasteiger partial charge in [0.1, 0.15) is 5.82 Å². The summed E-state index contributed by atoms with van der Waals surface area (Å²) < 4.78 is 25.9. The second-order valence-electron chi connectivity index (χ2n) is 7.69. The van der Waals surface area contributed by atoms with E-state index in [1.807, 2.05) is 10.7 Å². The van der Waals surface area contributed by atoms with Crippen LogP contribution in [0.3, 0.4) is 0 Å². The van der Waals surface area contributed by atoms with E-state index in [1.54, 1.807) is 18.3 Å². The van der Waals surface area contributed by atoms with Crippen molar-refractivity contribution in [2.75, 3.05) is 38.7 Å². The maximum Gasteiger partial charge on any atom is 0.231 e. The van der Waals surface area contributed by atoms with Crippen LogP contribution in [-0.4, -0.2) is 54.0 Å². The van der Waals surface area contributed by atoms with E-state index in [2.05, 4.69) is 15.3 Å². The monoisotopic (exact) mass is 402 g/mol. The summed E-state index contributed by atoms with van der Waals surface area (Å²) in [6.45, 7) is 3.72. The lowest BCUT2D eigenvalue weighted by Gasteiger charge is -2.32. The molecule has 1 unspecified atom stereocenters. The second kappa shape index (κ2) is 8.92. The molecule has 0 spiro atoms. The molecule has 2 aliphatic rings. The van der Waals surface area contributed by atoms with Crippen LogP contribution in [0.5, 0.6) is 5.75 Å². The highest BCUT2D eigenvalue weighted by Crippen LogP contribution is 2.27. The van der Waals surface area contributed by atoms with Gasteiger partial charge >= 0.3 is 0 Å². The molecule has 0 aliphatic carbocycles. The van der Waals surface area contributed by atoms with Crippen LogP contribution in [0.1, 0.15) is 30.9 Å². The first kappa shape index (κ1) is 19.8. The van der Waals surface area contributed by atoms with Crippen LogP contribution in [0.15, 0.2) is 30.5 Å². The van der Waals surface area contributed by atoms with Crippen LogP contribution in [0.2, 0.25) is 0 Å². The van der Waals surface area contributed by atoms with Gasteiger partial charge in [-0.1, -0.05) is 6.07 Å². The van der Waals surface area contributed by atoms with Crippen LogP contribution in [0, 0.1) is 11.7 Å². The molecule has 1 atom stereocenters. The van der Waals surface area contributed by atoms with E-state index in [4.69, 9.17) is 9.47 Å². The molecule has 8 heteroatoms. The van der Waals surface area contributed by atoms with E-state index in [0.717, 1.165) is 50.3 Å². The van der Waals surface area contributed by atoms with Crippen molar-refractivity contribution in [1.82, 2.24) is 14.7 Å². The van der Waals surface area contributed by atoms with Crippen LogP contribution in [-0.2, 0) is 16.1 Å². The minimum atomic E-state index is -0.340. The van der Waals surface area contributed by atoms with E-state index in [1.165, 1.54) is 13.2 Å². The van der Waals surface area contributed by atoms with Crippen LogP contribution >= 0.6 is 0 Å². The summed E-state index contributed by atoms with van der Waals surface area (Å²) in [4.78, 5) is 14.7. The third kappa shape index (κ3) is 4.59. The molecule has 4 rings (SSSR count). The summed E-state index contributed by atoms with van der Waals surface area (Å²) in [7, 11) is 1.48. The molecule has 7 nitrogen and oxygen atoms in total. The van der Waals surface area contributed by atoms with Crippen molar-refractivity contribution < 1.29 is 18.7 Å². The summed E-state index contributed by atoms with van der Waals surface area (Å²) in [6, 6.07) is 7.12. The number of anilines is 1. The molecule has 2 aliphatic heterocycles. The normalized spacial score (nSPS) is 20.7. The lowest BCUT2D eigenvalue weighted by atomic mass is 10.0. The molecule has 2 aromatic rings. The summed E-state index contributed by atoms with van der Waals surface area (Å²) in [5, 5.41) is 7.47. The lowest BCUT2D eigenvalue weighted by molar-refractivity contribution is -0.119. The summed E-state index contributed by atoms with van der Waals surface area (Å²) in [5.74, 6) is 0.623. The Hall–Kier alpha value is -2.45. The number of rotatable bonds is 6. The zero-order valence-corrected chi connectivity index (χ0v) is 16.6. The van der Waals surface area contributed by atoms with Gasteiger partial charge in [0, 0.05) is 32.3 Å². The fourth-order valence-corrected chi connectivity index (χ4v) is 4.06. The average Bonchev–Trinajstić information content (AvgIpc) is 3.42. The van der Waals surface area contributed by atoms with Gasteiger partial charge < -0.3 is 14.8 Å². The Balaban J connectivity index is 1.33. The molecule has 1 N–H and O–H groups in total. The molecular formula is C21H27FN4O3. The zero-order chi connectivity index (χ0) is 20.2. The number of benzene rings is 1. The van der Waals surface area contributed by atoms with Gasteiger partial charge in [-0.05, 0) is 37.0 Å². The number of halogens is 1. The first-order chi connectivity index (χ1) is 14.1. The Morgan fingerprint density at radius 3 is 2.86 bits per heavy atom. The van der Waals surface area contributed by atoms with Gasteiger partial charge in [0.25, 0.3) is 0 Å². The highest BCUT2D eigenvalue weighted by atomic mass is 19.1. The molecule has 2 fully saturated rings. The Labute approximate surface area is 169 Å². The Bertz CT molecular complexity index is 842. The zero-order valence-electron chi connectivity index (χ0n) is 16.6. The highest BCUT2D eigenvalue weighted by Gasteiger charge is 2.27. The molecular weight excluding hydrogens is 375 g/mol. The number of likely N-dealkylation sites (tertiary alicyclic amines) is 1. The van der Waals surface area contributed by atoms with Gasteiger partial charge in [0.15, 0.2) is 11.6 Å². The van der Waals surface area contributed by atoms with Gasteiger partial charge in [0.05, 0.1) is 31.9 Å². The number of hydrogen-bond acceptors (Lipinski definition) is 5. The van der Waals surface area contributed by atoms with Crippen molar-refractivity contribution in [3.63, 3.8) is 0 Å². The Morgan fingerprint density at radius 1 is 1.31 bits per heavy atom. The van der Waals surface area contributed by atoms with Crippen LogP contribution < -0.4 is 10.1 Å². The third-order valence-electron chi connectivity index (χ3n) is 5.75. The standard InChI is InChI=1S/C21H27FN4O3/c1-28-19-12-15(2-3-18(19)22)13-25-9-5-17(6-10-25)26-20(4-8-23-26)24-21(27)16-7-11-29-14-16/h2-4,8,12,16-17H,5-7,9-11,13-14H2,1H3,(H,24,27). The third-order valence-corrected chi connectivity index (χ3v) is 5.75. The first-order valence-corrected chi connectivity index (χ1v) is 10.1. The minimum absolute atomic E-state index is 0.00643. The van der Waals surface area contributed by atoms with Crippen LogP contribution in [0.4, 0.5) is 10.2 Å². The number of ether oxygens (including phenoxy) is 2. The van der Waals surface area contributed by atoms with Gasteiger partial charge in [-0.2, -0.15) is 5.10 Å². The predicted molar refractivity (Wildman–Crippen MR) is 106 cm³/mol. The number of nitrogens with zero attached hydrogens (tertiary/aromatic N) is 3. The van der Waals surface area contributed by atoms with Gasteiger partial charge in [-0.25, -0.2) is 9.07 Å². The smallest absolute Gasteiger partial charge is 0.231 e. The quantitative estimate of drug-likeness (QED) is 0.805. The van der Waals surface area contributed by atoms with E-state index in [0.29, 0.717) is 13.2 Å². The van der Waals surface area contributed by atoms with E-state index < -0.39 is 0 Å². The molecule has 1 aromatic heterocycles. The number of methoxy groups -OCH3 is 1. The predicted octanol–water partition coefficient (Wildman–Crippen LogP) is 2.84. The van der Waals surface area contributed by atoms with Gasteiger partial charge in [0.2, 0.25) is 5.91 Å². The lowest BCUT2D eigenvalue weighted by Crippen LogP contribution is -2.35. The van der Waals surface area contributed by atoms with E-state index in [-0.39, 0.29) is 29.4 Å². The molecule has 0 bridgehead atoms. The number of carbonyl (C=O) groups is 1. The largest absolute Gasteiger partial charge is 0.494 e. The van der Waals surface area contributed by atoms with Crippen molar-refractivity contribution >= 4 is 11.7 Å². The number of amides is 1. The molecule has 1 amide bonds. The molecule has 3 heterocycles. The SMILES string of the molecule is COc1cc(CN2CCC(n3nccc3NC(=O)C3CCOC3)CC2)ccc1F. The van der Waals surface area contributed by atoms with Crippen molar-refractivity contribution in [2.24, 2.45) is 5.92 Å². The Morgan fingerprint density at radius 2 is 2.14 bits per heavy atom. The molecule has 0 radical (unpaired) electrons. The second-order valence-corrected chi connectivity index (χ2v) is 7.69. The average molecular weight is 402 g/mol. The molecule has 29 heavy (non-hydrogen) atoms. The summed E-state index contributed by atoms with van der Waals surface area (Å²) in [5.41, 5.74) is 1.03. The maximum atomic E-state index is 13.6. The van der Waals surface area contributed by atoms with Crippen LogP contribution in [0.25, 0.3) is 0 Å². The van der Waals surface area contributed by atoms with Crippen molar-refractivity contribution in [3.8, 4) is 5.75 Å². The number of carbonyl (C=O) groups excluding carboxylic acids is 1. The number of hydrogen-bond donors (Lipinski definition) is 1. The van der Waals surface area contributed by atoms with Gasteiger partial charge in [-0.3, -0.25) is 9.69 Å². The fourth-order valence-electron chi connectivity index (χ4n) is 4.06. The minimum Gasteiger partial charge on any atom is -0.494 e. The van der Waals surface area contributed by atoms with E-state index in [9.17, 15) is 9.18 Å².